The first-order chi connectivity index (χ1) is 10.1. The van der Waals surface area contributed by atoms with Gasteiger partial charge in [0.25, 0.3) is 5.91 Å². The normalized spacial score (nSPS) is 14.0. The molecule has 0 unspecified atom stereocenters. The van der Waals surface area contributed by atoms with Crippen molar-refractivity contribution < 1.29 is 4.79 Å². The van der Waals surface area contributed by atoms with Crippen molar-refractivity contribution >= 4 is 23.2 Å². The molecule has 0 atom stereocenters. The van der Waals surface area contributed by atoms with Gasteiger partial charge in [-0.1, -0.05) is 29.8 Å². The molecular formula is C17H17ClN2O. The summed E-state index contributed by atoms with van der Waals surface area (Å²) in [6, 6.07) is 15.1. The van der Waals surface area contributed by atoms with Crippen molar-refractivity contribution in [2.75, 3.05) is 5.73 Å². The van der Waals surface area contributed by atoms with E-state index in [0.717, 1.165) is 18.4 Å². The molecule has 1 aliphatic carbocycles. The molecule has 3 nitrogen and oxygen atoms in total. The van der Waals surface area contributed by atoms with Gasteiger partial charge in [0.15, 0.2) is 0 Å². The fourth-order valence-corrected chi connectivity index (χ4v) is 2.50. The van der Waals surface area contributed by atoms with Crippen molar-refractivity contribution in [2.45, 2.75) is 25.4 Å². The van der Waals surface area contributed by atoms with Gasteiger partial charge in [0.2, 0.25) is 0 Å². The second-order valence-electron chi connectivity index (χ2n) is 5.42. The molecule has 1 fully saturated rings. The second kappa shape index (κ2) is 5.78. The van der Waals surface area contributed by atoms with Gasteiger partial charge in [0.05, 0.1) is 0 Å². The third-order valence-corrected chi connectivity index (χ3v) is 3.90. The zero-order valence-corrected chi connectivity index (χ0v) is 12.4. The average Bonchev–Trinajstić information content (AvgIpc) is 3.30. The Bertz CT molecular complexity index is 650. The Morgan fingerprint density at radius 2 is 1.90 bits per heavy atom. The van der Waals surface area contributed by atoms with Crippen LogP contribution in [0.3, 0.4) is 0 Å². The number of nitrogen functional groups attached to an aromatic ring is 1. The fourth-order valence-electron chi connectivity index (χ4n) is 2.38. The highest BCUT2D eigenvalue weighted by Gasteiger charge is 2.33. The van der Waals surface area contributed by atoms with Crippen LogP contribution in [0.25, 0.3) is 0 Å². The van der Waals surface area contributed by atoms with E-state index in [1.807, 2.05) is 41.3 Å². The number of benzene rings is 2. The van der Waals surface area contributed by atoms with Gasteiger partial charge >= 0.3 is 0 Å². The van der Waals surface area contributed by atoms with E-state index in [4.69, 9.17) is 17.3 Å². The number of rotatable bonds is 4. The van der Waals surface area contributed by atoms with Crippen LogP contribution in [0.5, 0.6) is 0 Å². The Kier molecular flexibility index (Phi) is 3.84. The Hall–Kier alpha value is -2.00. The van der Waals surface area contributed by atoms with E-state index in [-0.39, 0.29) is 5.91 Å². The van der Waals surface area contributed by atoms with Gasteiger partial charge in [-0.2, -0.15) is 0 Å². The lowest BCUT2D eigenvalue weighted by Gasteiger charge is -2.23. The number of hydrogen-bond acceptors (Lipinski definition) is 2. The lowest BCUT2D eigenvalue weighted by atomic mass is 10.1. The number of nitrogens with two attached hydrogens (primary N) is 1. The first kappa shape index (κ1) is 14.0. The van der Waals surface area contributed by atoms with Gasteiger partial charge in [-0.05, 0) is 48.7 Å². The minimum absolute atomic E-state index is 0.0414. The highest BCUT2D eigenvalue weighted by molar-refractivity contribution is 6.30. The number of carbonyl (C=O) groups is 1. The predicted octanol–water partition coefficient (Wildman–Crippen LogP) is 3.73. The van der Waals surface area contributed by atoms with E-state index in [2.05, 4.69) is 0 Å². The summed E-state index contributed by atoms with van der Waals surface area (Å²) in [4.78, 5) is 14.6. The van der Waals surface area contributed by atoms with Crippen LogP contribution in [0.15, 0.2) is 48.5 Å². The number of hydrogen-bond donors (Lipinski definition) is 1. The topological polar surface area (TPSA) is 46.3 Å². The molecule has 2 aromatic carbocycles. The molecule has 0 aliphatic heterocycles. The Morgan fingerprint density at radius 1 is 1.19 bits per heavy atom. The molecule has 108 valence electrons. The second-order valence-corrected chi connectivity index (χ2v) is 5.85. The quantitative estimate of drug-likeness (QED) is 0.875. The van der Waals surface area contributed by atoms with E-state index >= 15 is 0 Å². The molecule has 0 spiro atoms. The molecule has 0 radical (unpaired) electrons. The van der Waals surface area contributed by atoms with Crippen molar-refractivity contribution in [1.82, 2.24) is 4.90 Å². The predicted molar refractivity (Wildman–Crippen MR) is 85.2 cm³/mol. The summed E-state index contributed by atoms with van der Waals surface area (Å²) in [5, 5.41) is 0.707. The summed E-state index contributed by atoms with van der Waals surface area (Å²) in [7, 11) is 0. The van der Waals surface area contributed by atoms with Crippen LogP contribution in [0, 0.1) is 0 Å². The summed E-state index contributed by atoms with van der Waals surface area (Å²) < 4.78 is 0. The molecule has 2 N–H and O–H groups in total. The minimum atomic E-state index is 0.0414. The molecule has 0 heterocycles. The molecule has 1 saturated carbocycles. The minimum Gasteiger partial charge on any atom is -0.399 e. The van der Waals surface area contributed by atoms with Crippen LogP contribution in [-0.2, 0) is 6.54 Å². The van der Waals surface area contributed by atoms with Crippen LogP contribution in [0.4, 0.5) is 5.69 Å². The van der Waals surface area contributed by atoms with Gasteiger partial charge < -0.3 is 10.6 Å². The molecule has 0 saturated heterocycles. The smallest absolute Gasteiger partial charge is 0.254 e. The van der Waals surface area contributed by atoms with Crippen molar-refractivity contribution in [3.8, 4) is 0 Å². The van der Waals surface area contributed by atoms with Crippen LogP contribution in [0.2, 0.25) is 5.02 Å². The fraction of sp³-hybridized carbons (Fsp3) is 0.235. The van der Waals surface area contributed by atoms with E-state index in [1.165, 1.54) is 0 Å². The molecule has 21 heavy (non-hydrogen) atoms. The van der Waals surface area contributed by atoms with Crippen molar-refractivity contribution in [3.63, 3.8) is 0 Å². The molecule has 0 bridgehead atoms. The van der Waals surface area contributed by atoms with E-state index < -0.39 is 0 Å². The zero-order valence-electron chi connectivity index (χ0n) is 11.6. The molecule has 1 aliphatic rings. The third kappa shape index (κ3) is 3.37. The summed E-state index contributed by atoms with van der Waals surface area (Å²) >= 11 is 5.90. The van der Waals surface area contributed by atoms with Crippen LogP contribution in [0.1, 0.15) is 28.8 Å². The first-order valence-corrected chi connectivity index (χ1v) is 7.42. The highest BCUT2D eigenvalue weighted by Crippen LogP contribution is 2.30. The molecular weight excluding hydrogens is 284 g/mol. The summed E-state index contributed by atoms with van der Waals surface area (Å²) in [6.45, 7) is 0.607. The van der Waals surface area contributed by atoms with Gasteiger partial charge in [0.1, 0.15) is 0 Å². The van der Waals surface area contributed by atoms with Crippen LogP contribution in [-0.4, -0.2) is 16.8 Å². The monoisotopic (exact) mass is 300 g/mol. The molecule has 0 aromatic heterocycles. The number of halogens is 1. The van der Waals surface area contributed by atoms with Gasteiger partial charge in [0, 0.05) is 28.9 Å². The number of carbonyl (C=O) groups excluding carboxylic acids is 1. The largest absolute Gasteiger partial charge is 0.399 e. The third-order valence-electron chi connectivity index (χ3n) is 3.65. The van der Waals surface area contributed by atoms with Crippen molar-refractivity contribution in [3.05, 3.63) is 64.7 Å². The van der Waals surface area contributed by atoms with Crippen LogP contribution >= 0.6 is 11.6 Å². The van der Waals surface area contributed by atoms with Gasteiger partial charge in [-0.15, -0.1) is 0 Å². The zero-order chi connectivity index (χ0) is 14.8. The number of anilines is 1. The molecule has 3 rings (SSSR count). The lowest BCUT2D eigenvalue weighted by Crippen LogP contribution is -2.32. The maximum Gasteiger partial charge on any atom is 0.254 e. The Labute approximate surface area is 129 Å². The number of amides is 1. The number of nitrogens with zero attached hydrogens (tertiary/aromatic N) is 1. The summed E-state index contributed by atoms with van der Waals surface area (Å²) in [5.41, 5.74) is 8.12. The Balaban J connectivity index is 1.81. The van der Waals surface area contributed by atoms with Crippen molar-refractivity contribution in [2.24, 2.45) is 0 Å². The van der Waals surface area contributed by atoms with E-state index in [0.29, 0.717) is 28.9 Å². The van der Waals surface area contributed by atoms with Crippen molar-refractivity contribution in [1.29, 1.82) is 0 Å². The maximum atomic E-state index is 12.7. The van der Waals surface area contributed by atoms with E-state index in [1.54, 1.807) is 12.1 Å². The average molecular weight is 301 g/mol. The maximum absolute atomic E-state index is 12.7. The van der Waals surface area contributed by atoms with Gasteiger partial charge in [-0.25, -0.2) is 0 Å². The summed E-state index contributed by atoms with van der Waals surface area (Å²) in [5.74, 6) is 0.0414. The van der Waals surface area contributed by atoms with E-state index in [9.17, 15) is 4.79 Å². The Morgan fingerprint density at radius 3 is 2.52 bits per heavy atom. The SMILES string of the molecule is Nc1cccc(C(=O)N(Cc2ccc(Cl)cc2)C2CC2)c1. The molecule has 1 amide bonds. The molecule has 2 aromatic rings. The first-order valence-electron chi connectivity index (χ1n) is 7.04. The molecule has 4 heteroatoms. The van der Waals surface area contributed by atoms with Crippen LogP contribution < -0.4 is 5.73 Å². The highest BCUT2D eigenvalue weighted by atomic mass is 35.5. The summed E-state index contributed by atoms with van der Waals surface area (Å²) in [6.07, 6.45) is 2.14. The lowest BCUT2D eigenvalue weighted by molar-refractivity contribution is 0.0730. The standard InChI is InChI=1S/C17H17ClN2O/c18-14-6-4-12(5-7-14)11-20(16-8-9-16)17(21)13-2-1-3-15(19)10-13/h1-7,10,16H,8-9,11,19H2. The van der Waals surface area contributed by atoms with Gasteiger partial charge in [-0.3, -0.25) is 4.79 Å².